The van der Waals surface area contributed by atoms with Gasteiger partial charge in [0.1, 0.15) is 5.76 Å². The number of nitrogens with zero attached hydrogens (tertiary/aromatic N) is 2. The van der Waals surface area contributed by atoms with E-state index in [1.165, 1.54) is 0 Å². The predicted molar refractivity (Wildman–Crippen MR) is 119 cm³/mol. The fourth-order valence-corrected chi connectivity index (χ4v) is 3.13. The van der Waals surface area contributed by atoms with E-state index in [9.17, 15) is 5.11 Å². The highest BCUT2D eigenvalue weighted by Crippen LogP contribution is 2.32. The second-order valence-corrected chi connectivity index (χ2v) is 8.08. The highest BCUT2D eigenvalue weighted by molar-refractivity contribution is 7.71. The molecule has 0 aliphatic rings. The van der Waals surface area contributed by atoms with Gasteiger partial charge in [-0.05, 0) is 53.7 Å². The highest BCUT2D eigenvalue weighted by atomic mass is 32.1. The van der Waals surface area contributed by atoms with Crippen LogP contribution in [0, 0.1) is 10.2 Å². The van der Waals surface area contributed by atoms with Crippen molar-refractivity contribution in [2.24, 2.45) is 5.41 Å². The van der Waals surface area contributed by atoms with Gasteiger partial charge in [-0.25, -0.2) is 0 Å². The third-order valence-corrected chi connectivity index (χ3v) is 5.03. The zero-order chi connectivity index (χ0) is 20.5. The molecule has 28 heavy (non-hydrogen) atoms. The molecule has 5 heteroatoms. The summed E-state index contributed by atoms with van der Waals surface area (Å²) in [6, 6.07) is 14.2. The summed E-state index contributed by atoms with van der Waals surface area (Å²) in [5.74, 6) is 0.670. The van der Waals surface area contributed by atoms with Crippen molar-refractivity contribution in [1.29, 1.82) is 0 Å². The zero-order valence-corrected chi connectivity index (χ0v) is 17.5. The summed E-state index contributed by atoms with van der Waals surface area (Å²) in [6.07, 6.45) is 3.52. The molecule has 0 unspecified atom stereocenters. The molecular weight excluding hydrogens is 366 g/mol. The molecule has 0 atom stereocenters. The van der Waals surface area contributed by atoms with Crippen molar-refractivity contribution < 1.29 is 5.11 Å². The van der Waals surface area contributed by atoms with Gasteiger partial charge >= 0.3 is 0 Å². The number of hydrogen-bond acceptors (Lipinski definition) is 3. The van der Waals surface area contributed by atoms with E-state index >= 15 is 0 Å². The lowest BCUT2D eigenvalue weighted by Gasteiger charge is -2.20. The van der Waals surface area contributed by atoms with E-state index in [-0.39, 0.29) is 11.2 Å². The number of benzene rings is 2. The molecule has 2 N–H and O–H groups in total. The maximum atomic E-state index is 10.6. The number of allylic oxidation sites excluding steroid dienone is 4. The normalized spacial score (nSPS) is 13.1. The summed E-state index contributed by atoms with van der Waals surface area (Å²) in [6.45, 7) is 12.2. The van der Waals surface area contributed by atoms with E-state index in [4.69, 9.17) is 12.2 Å². The number of fused-ring (bicyclic) bond motifs is 1. The maximum absolute atomic E-state index is 10.6. The Morgan fingerprint density at radius 2 is 1.86 bits per heavy atom. The van der Waals surface area contributed by atoms with Crippen LogP contribution in [-0.2, 0) is 0 Å². The molecular formula is C23H25N3OS. The molecule has 144 valence electrons. The van der Waals surface area contributed by atoms with Gasteiger partial charge in [0.05, 0.1) is 11.3 Å². The van der Waals surface area contributed by atoms with Gasteiger partial charge in [0.2, 0.25) is 0 Å². The van der Waals surface area contributed by atoms with Crippen LogP contribution in [-0.4, -0.2) is 19.9 Å². The average Bonchev–Trinajstić information content (AvgIpc) is 3.05. The van der Waals surface area contributed by atoms with Gasteiger partial charge in [-0.1, -0.05) is 63.7 Å². The number of aromatic nitrogens is 3. The lowest BCUT2D eigenvalue weighted by atomic mass is 9.86. The lowest BCUT2D eigenvalue weighted by molar-refractivity contribution is 0.435. The molecule has 1 aromatic heterocycles. The molecule has 0 fully saturated rings. The van der Waals surface area contributed by atoms with Crippen LogP contribution in [0.2, 0.25) is 0 Å². The lowest BCUT2D eigenvalue weighted by Crippen LogP contribution is -2.09. The number of aromatic amines is 1. The summed E-state index contributed by atoms with van der Waals surface area (Å²) in [5, 5.41) is 20.1. The summed E-state index contributed by atoms with van der Waals surface area (Å²) < 4.78 is 2.32. The molecule has 0 spiro atoms. The third kappa shape index (κ3) is 3.71. The van der Waals surface area contributed by atoms with Crippen LogP contribution in [0.15, 0.2) is 72.5 Å². The molecule has 0 bridgehead atoms. The second kappa shape index (κ2) is 7.60. The summed E-state index contributed by atoms with van der Waals surface area (Å²) in [7, 11) is 0. The van der Waals surface area contributed by atoms with Crippen molar-refractivity contribution in [2.45, 2.75) is 27.7 Å². The summed E-state index contributed by atoms with van der Waals surface area (Å²) >= 11 is 5.54. The van der Waals surface area contributed by atoms with Crippen molar-refractivity contribution in [2.75, 3.05) is 0 Å². The van der Waals surface area contributed by atoms with Crippen molar-refractivity contribution in [1.82, 2.24) is 14.8 Å². The summed E-state index contributed by atoms with van der Waals surface area (Å²) in [4.78, 5) is 0. The fraction of sp³-hybridized carbons (Fsp3) is 0.217. The minimum Gasteiger partial charge on any atom is -0.508 e. The smallest absolute Gasteiger partial charge is 0.200 e. The first-order valence-electron chi connectivity index (χ1n) is 9.16. The molecule has 1 heterocycles. The molecule has 0 saturated heterocycles. The largest absolute Gasteiger partial charge is 0.508 e. The Hall–Kier alpha value is -2.92. The molecule has 0 saturated carbocycles. The highest BCUT2D eigenvalue weighted by Gasteiger charge is 2.20. The number of rotatable bonds is 4. The van der Waals surface area contributed by atoms with Crippen LogP contribution in [0.3, 0.4) is 0 Å². The van der Waals surface area contributed by atoms with Crippen molar-refractivity contribution >= 4 is 28.6 Å². The van der Waals surface area contributed by atoms with E-state index in [0.29, 0.717) is 16.2 Å². The van der Waals surface area contributed by atoms with Crippen molar-refractivity contribution in [3.63, 3.8) is 0 Å². The van der Waals surface area contributed by atoms with Gasteiger partial charge in [-0.2, -0.15) is 5.10 Å². The topological polar surface area (TPSA) is 53.8 Å². The molecule has 3 rings (SSSR count). The molecule has 3 aromatic rings. The maximum Gasteiger partial charge on any atom is 0.200 e. The first kappa shape index (κ1) is 19.8. The first-order chi connectivity index (χ1) is 13.2. The quantitative estimate of drug-likeness (QED) is 0.302. The molecule has 0 amide bonds. The Morgan fingerprint density at radius 1 is 1.18 bits per heavy atom. The number of nitrogens with one attached hydrogen (secondary N) is 1. The van der Waals surface area contributed by atoms with E-state index in [0.717, 1.165) is 22.0 Å². The average molecular weight is 392 g/mol. The van der Waals surface area contributed by atoms with E-state index in [1.807, 2.05) is 34.9 Å². The predicted octanol–water partition coefficient (Wildman–Crippen LogP) is 6.53. The van der Waals surface area contributed by atoms with Crippen LogP contribution in [0.1, 0.15) is 33.5 Å². The van der Waals surface area contributed by atoms with Crippen LogP contribution < -0.4 is 0 Å². The van der Waals surface area contributed by atoms with Crippen LogP contribution >= 0.6 is 12.2 Å². The minimum absolute atomic E-state index is 0.126. The van der Waals surface area contributed by atoms with Gasteiger partial charge in [0, 0.05) is 5.39 Å². The molecule has 2 aromatic carbocycles. The minimum atomic E-state index is -0.142. The number of aliphatic hydroxyl groups is 1. The number of hydrogen-bond donors (Lipinski definition) is 2. The van der Waals surface area contributed by atoms with E-state index in [2.05, 4.69) is 55.7 Å². The van der Waals surface area contributed by atoms with Crippen LogP contribution in [0.25, 0.3) is 22.0 Å². The molecule has 0 aliphatic heterocycles. The van der Waals surface area contributed by atoms with Gasteiger partial charge in [0.25, 0.3) is 0 Å². The number of aliphatic hydroxyl groups excluding tert-OH is 1. The zero-order valence-electron chi connectivity index (χ0n) is 16.7. The van der Waals surface area contributed by atoms with Crippen molar-refractivity contribution in [3.8, 4) is 5.69 Å². The van der Waals surface area contributed by atoms with Crippen LogP contribution in [0.5, 0.6) is 0 Å². The van der Waals surface area contributed by atoms with Gasteiger partial charge in [-0.3, -0.25) is 9.67 Å². The van der Waals surface area contributed by atoms with Gasteiger partial charge in [-0.15, -0.1) is 0 Å². The Labute approximate surface area is 170 Å². The van der Waals surface area contributed by atoms with E-state index in [1.54, 1.807) is 13.0 Å². The standard InChI is InChI=1S/C23H25N3OS/c1-6-20(27)18(14-15(2)23(3,4)5)21-24-25-22(28)26(21)19-13-9-11-16-10-7-8-12-17(16)19/h6-14,27H,2H2,1,3-5H3,(H,25,28)/b18-14+,20-6+. The molecule has 0 radical (unpaired) electrons. The molecule has 4 nitrogen and oxygen atoms in total. The Morgan fingerprint density at radius 3 is 2.54 bits per heavy atom. The number of H-pyrrole nitrogens is 1. The third-order valence-electron chi connectivity index (χ3n) is 4.75. The Balaban J connectivity index is 2.30. The molecule has 0 aliphatic carbocycles. The van der Waals surface area contributed by atoms with Gasteiger partial charge in [0.15, 0.2) is 10.6 Å². The first-order valence-corrected chi connectivity index (χ1v) is 9.57. The second-order valence-electron chi connectivity index (χ2n) is 7.69. The van der Waals surface area contributed by atoms with Crippen molar-refractivity contribution in [3.05, 3.63) is 83.1 Å². The fourth-order valence-electron chi connectivity index (χ4n) is 2.90. The van der Waals surface area contributed by atoms with Gasteiger partial charge < -0.3 is 5.11 Å². The Bertz CT molecular complexity index is 1150. The van der Waals surface area contributed by atoms with E-state index < -0.39 is 0 Å². The summed E-state index contributed by atoms with van der Waals surface area (Å²) in [5.41, 5.74) is 2.22. The monoisotopic (exact) mass is 391 g/mol. The van der Waals surface area contributed by atoms with Crippen LogP contribution in [0.4, 0.5) is 0 Å². The Kier molecular flexibility index (Phi) is 5.38. The SMILES string of the molecule is C=C(/C=C(\C(O)=C/C)c1n[nH]c(=S)n1-c1cccc2ccccc12)C(C)(C)C.